The molecule has 0 saturated carbocycles. The maximum atomic E-state index is 5.03. The van der Waals surface area contributed by atoms with Crippen molar-refractivity contribution in [2.24, 2.45) is 5.92 Å². The fraction of sp³-hybridized carbons (Fsp3) is 0.192. The van der Waals surface area contributed by atoms with Gasteiger partial charge >= 0.3 is 0 Å². The van der Waals surface area contributed by atoms with Crippen LogP contribution in [0.3, 0.4) is 0 Å². The molecule has 4 rings (SSSR count). The van der Waals surface area contributed by atoms with Gasteiger partial charge in [0.2, 0.25) is 0 Å². The average Bonchev–Trinajstić information content (AvgIpc) is 3.16. The molecule has 0 unspecified atom stereocenters. The molecule has 1 aromatic heterocycles. The maximum absolute atomic E-state index is 5.03. The molecule has 0 aliphatic heterocycles. The lowest BCUT2D eigenvalue weighted by molar-refractivity contribution is 0.764. The third-order valence-corrected chi connectivity index (χ3v) is 6.40. The van der Waals surface area contributed by atoms with Gasteiger partial charge in [0.15, 0.2) is 0 Å². The van der Waals surface area contributed by atoms with E-state index in [1.54, 1.807) is 11.3 Å². The minimum Gasteiger partial charge on any atom is -0.236 e. The molecule has 3 aromatic rings. The first-order valence-corrected chi connectivity index (χ1v) is 10.6. The normalized spacial score (nSPS) is 19.3. The van der Waals surface area contributed by atoms with E-state index in [0.717, 1.165) is 16.9 Å². The van der Waals surface area contributed by atoms with Crippen molar-refractivity contribution >= 4 is 27.6 Å². The highest BCUT2D eigenvalue weighted by atomic mass is 32.1. The molecule has 140 valence electrons. The van der Waals surface area contributed by atoms with Crippen molar-refractivity contribution in [1.82, 2.24) is 4.98 Å². The molecule has 0 atom stereocenters. The Morgan fingerprint density at radius 3 is 2.57 bits per heavy atom. The first-order chi connectivity index (χ1) is 13.6. The van der Waals surface area contributed by atoms with Crippen LogP contribution in [-0.4, -0.2) is 4.98 Å². The Hall–Kier alpha value is -2.71. The summed E-state index contributed by atoms with van der Waals surface area (Å²) in [5, 5.41) is 1.09. The lowest BCUT2D eigenvalue weighted by Crippen LogP contribution is -1.94. The third-order valence-electron chi connectivity index (χ3n) is 5.33. The van der Waals surface area contributed by atoms with Crippen LogP contribution in [0.2, 0.25) is 0 Å². The Kier molecular flexibility index (Phi) is 5.40. The second-order valence-electron chi connectivity index (χ2n) is 7.48. The summed E-state index contributed by atoms with van der Waals surface area (Å²) in [5.74, 6) is 0.533. The van der Waals surface area contributed by atoms with E-state index in [-0.39, 0.29) is 0 Å². The van der Waals surface area contributed by atoms with Gasteiger partial charge in [-0.1, -0.05) is 92.3 Å². The van der Waals surface area contributed by atoms with Crippen molar-refractivity contribution in [3.8, 4) is 10.6 Å². The van der Waals surface area contributed by atoms with E-state index < -0.39 is 0 Å². The molecule has 1 aliphatic rings. The number of fused-ring (bicyclic) bond motifs is 3. The van der Waals surface area contributed by atoms with E-state index in [0.29, 0.717) is 5.92 Å². The van der Waals surface area contributed by atoms with Crippen LogP contribution in [0.4, 0.5) is 0 Å². The van der Waals surface area contributed by atoms with E-state index in [1.807, 2.05) is 6.07 Å². The zero-order valence-corrected chi connectivity index (χ0v) is 17.5. The number of hydrogen-bond acceptors (Lipinski definition) is 2. The SMILES string of the molecule is C/C(=C1/C=C\C=C/Cc2c(ccc3sc(-c4ccccc4)nc23)\C=C/1)C(C)C. The largest absolute Gasteiger partial charge is 0.236 e. The molecule has 1 aliphatic carbocycles. The lowest BCUT2D eigenvalue weighted by Gasteiger charge is -2.10. The first-order valence-electron chi connectivity index (χ1n) is 9.83. The summed E-state index contributed by atoms with van der Waals surface area (Å²) < 4.78 is 1.25. The van der Waals surface area contributed by atoms with Gasteiger partial charge in [-0.05, 0) is 42.0 Å². The Balaban J connectivity index is 1.84. The highest BCUT2D eigenvalue weighted by Gasteiger charge is 2.12. The van der Waals surface area contributed by atoms with Crippen LogP contribution in [-0.2, 0) is 6.42 Å². The fourth-order valence-electron chi connectivity index (χ4n) is 3.39. The number of benzene rings is 2. The van der Waals surface area contributed by atoms with Gasteiger partial charge in [0.05, 0.1) is 10.2 Å². The highest BCUT2D eigenvalue weighted by molar-refractivity contribution is 7.21. The summed E-state index contributed by atoms with van der Waals surface area (Å²) in [4.78, 5) is 5.03. The number of nitrogens with zero attached hydrogens (tertiary/aromatic N) is 1. The topological polar surface area (TPSA) is 12.9 Å². The third kappa shape index (κ3) is 3.79. The highest BCUT2D eigenvalue weighted by Crippen LogP contribution is 2.34. The molecular weight excluding hydrogens is 358 g/mol. The summed E-state index contributed by atoms with van der Waals surface area (Å²) in [6.07, 6.45) is 14.1. The molecule has 2 aromatic carbocycles. The number of aromatic nitrogens is 1. The van der Waals surface area contributed by atoms with Gasteiger partial charge in [0.1, 0.15) is 5.01 Å². The Morgan fingerprint density at radius 1 is 0.964 bits per heavy atom. The lowest BCUT2D eigenvalue weighted by atomic mass is 9.95. The molecule has 0 fully saturated rings. The van der Waals surface area contributed by atoms with Crippen molar-refractivity contribution in [1.29, 1.82) is 0 Å². The Morgan fingerprint density at radius 2 is 1.79 bits per heavy atom. The van der Waals surface area contributed by atoms with Crippen LogP contribution in [0.5, 0.6) is 0 Å². The molecule has 0 radical (unpaired) electrons. The molecule has 1 nitrogen and oxygen atoms in total. The van der Waals surface area contributed by atoms with Gasteiger partial charge < -0.3 is 0 Å². The number of allylic oxidation sites excluding steroid dienone is 7. The standard InChI is InChI=1S/C26H25NS/c1-18(2)19(3)20-10-6-5-9-13-23-21(15-14-20)16-17-24-25(23)27-26(28-24)22-11-7-4-8-12-22/h4-12,14-18H,13H2,1-3H3/b9-5-,10-6-,15-14-,20-19+. The van der Waals surface area contributed by atoms with Crippen molar-refractivity contribution in [3.63, 3.8) is 0 Å². The zero-order chi connectivity index (χ0) is 19.5. The van der Waals surface area contributed by atoms with Crippen LogP contribution in [0, 0.1) is 5.92 Å². The van der Waals surface area contributed by atoms with Crippen LogP contribution in [0.15, 0.2) is 84.0 Å². The minimum atomic E-state index is 0.533. The van der Waals surface area contributed by atoms with Gasteiger partial charge in [-0.3, -0.25) is 0 Å². The smallest absolute Gasteiger partial charge is 0.124 e. The van der Waals surface area contributed by atoms with Crippen LogP contribution < -0.4 is 0 Å². The number of rotatable bonds is 2. The molecule has 0 saturated heterocycles. The maximum Gasteiger partial charge on any atom is 0.124 e. The van der Waals surface area contributed by atoms with E-state index in [9.17, 15) is 0 Å². The fourth-order valence-corrected chi connectivity index (χ4v) is 4.39. The molecule has 0 amide bonds. The molecule has 0 bridgehead atoms. The van der Waals surface area contributed by atoms with Crippen molar-refractivity contribution in [2.45, 2.75) is 27.2 Å². The van der Waals surface area contributed by atoms with Crippen LogP contribution in [0.25, 0.3) is 26.9 Å². The molecule has 2 heteroatoms. The second-order valence-corrected chi connectivity index (χ2v) is 8.51. The van der Waals surface area contributed by atoms with E-state index in [2.05, 4.69) is 93.6 Å². The van der Waals surface area contributed by atoms with Gasteiger partial charge in [0.25, 0.3) is 0 Å². The van der Waals surface area contributed by atoms with Crippen molar-refractivity contribution in [3.05, 3.63) is 95.1 Å². The zero-order valence-electron chi connectivity index (χ0n) is 16.6. The molecular formula is C26H25NS. The number of thiazole rings is 1. The Bertz CT molecular complexity index is 1110. The Labute approximate surface area is 171 Å². The summed E-state index contributed by atoms with van der Waals surface area (Å²) in [6, 6.07) is 14.9. The second kappa shape index (κ2) is 8.12. The van der Waals surface area contributed by atoms with Gasteiger partial charge in [-0.25, -0.2) is 4.98 Å². The van der Waals surface area contributed by atoms with Gasteiger partial charge in [-0.2, -0.15) is 0 Å². The summed E-state index contributed by atoms with van der Waals surface area (Å²) in [5.41, 5.74) is 7.57. The first kappa shape index (κ1) is 18.6. The van der Waals surface area contributed by atoms with E-state index >= 15 is 0 Å². The van der Waals surface area contributed by atoms with Crippen molar-refractivity contribution in [2.75, 3.05) is 0 Å². The predicted molar refractivity (Wildman–Crippen MR) is 124 cm³/mol. The van der Waals surface area contributed by atoms with Gasteiger partial charge in [-0.15, -0.1) is 11.3 Å². The average molecular weight is 384 g/mol. The van der Waals surface area contributed by atoms with Crippen LogP contribution >= 0.6 is 11.3 Å². The van der Waals surface area contributed by atoms with Crippen LogP contribution in [0.1, 0.15) is 31.9 Å². The summed E-state index contributed by atoms with van der Waals surface area (Å²) >= 11 is 1.77. The predicted octanol–water partition coefficient (Wildman–Crippen LogP) is 7.62. The molecule has 28 heavy (non-hydrogen) atoms. The monoisotopic (exact) mass is 383 g/mol. The van der Waals surface area contributed by atoms with Gasteiger partial charge in [0, 0.05) is 5.56 Å². The van der Waals surface area contributed by atoms with E-state index in [4.69, 9.17) is 4.98 Å². The number of hydrogen-bond donors (Lipinski definition) is 0. The minimum absolute atomic E-state index is 0.533. The molecule has 1 heterocycles. The summed E-state index contributed by atoms with van der Waals surface area (Å²) in [7, 11) is 0. The van der Waals surface area contributed by atoms with Crippen molar-refractivity contribution < 1.29 is 0 Å². The molecule has 0 spiro atoms. The van der Waals surface area contributed by atoms with E-state index in [1.165, 1.54) is 32.5 Å². The summed E-state index contributed by atoms with van der Waals surface area (Å²) in [6.45, 7) is 6.72. The quantitative estimate of drug-likeness (QED) is 0.443. The molecule has 0 N–H and O–H groups in total.